The molecule has 1 aromatic carbocycles. The molecule has 0 saturated heterocycles. The van der Waals surface area contributed by atoms with Crippen LogP contribution in [0.3, 0.4) is 0 Å². The predicted octanol–water partition coefficient (Wildman–Crippen LogP) is 2.46. The van der Waals surface area contributed by atoms with Crippen molar-refractivity contribution in [1.82, 2.24) is 10.2 Å². The number of nitrogens with zero attached hydrogens (tertiary/aromatic N) is 1. The third kappa shape index (κ3) is 4.99. The van der Waals surface area contributed by atoms with Gasteiger partial charge >= 0.3 is 0 Å². The topological polar surface area (TPSA) is 52.6 Å². The molecule has 0 radical (unpaired) electrons. The normalized spacial score (nSPS) is 12.5. The van der Waals surface area contributed by atoms with Crippen molar-refractivity contribution in [3.63, 3.8) is 0 Å². The number of phenolic OH excluding ortho intramolecular Hbond substituents is 1. The molecule has 2 N–H and O–H groups in total. The van der Waals surface area contributed by atoms with E-state index in [1.54, 1.807) is 12.1 Å². The smallest absolute Gasteiger partial charge is 0.251 e. The first-order chi connectivity index (χ1) is 8.97. The highest BCUT2D eigenvalue weighted by Crippen LogP contribution is 2.20. The van der Waals surface area contributed by atoms with E-state index in [0.717, 1.165) is 23.2 Å². The van der Waals surface area contributed by atoms with Crippen LogP contribution in [0, 0.1) is 3.57 Å². The summed E-state index contributed by atoms with van der Waals surface area (Å²) in [4.78, 5) is 14.3. The Labute approximate surface area is 128 Å². The van der Waals surface area contributed by atoms with E-state index in [-0.39, 0.29) is 17.7 Å². The molecule has 106 valence electrons. The molecule has 1 amide bonds. The fraction of sp³-hybridized carbons (Fsp3) is 0.500. The molecule has 0 aliphatic carbocycles. The monoisotopic (exact) mass is 376 g/mol. The molecule has 1 aromatic rings. The van der Waals surface area contributed by atoms with Gasteiger partial charge in [-0.1, -0.05) is 13.8 Å². The second kappa shape index (κ2) is 7.69. The number of benzene rings is 1. The zero-order valence-corrected chi connectivity index (χ0v) is 13.8. The number of amides is 1. The average molecular weight is 376 g/mol. The minimum Gasteiger partial charge on any atom is -0.507 e. The number of carbonyl (C=O) groups is 1. The van der Waals surface area contributed by atoms with Crippen molar-refractivity contribution in [2.75, 3.05) is 19.6 Å². The molecule has 0 heterocycles. The number of hydrogen-bond acceptors (Lipinski definition) is 3. The summed E-state index contributed by atoms with van der Waals surface area (Å²) in [6, 6.07) is 5.04. The molecule has 0 spiro atoms. The van der Waals surface area contributed by atoms with Gasteiger partial charge in [0.25, 0.3) is 5.91 Å². The van der Waals surface area contributed by atoms with Gasteiger partial charge in [-0.25, -0.2) is 0 Å². The predicted molar refractivity (Wildman–Crippen MR) is 85.5 cm³/mol. The Kier molecular flexibility index (Phi) is 6.57. The molecule has 0 aliphatic heterocycles. The maximum absolute atomic E-state index is 12.0. The lowest BCUT2D eigenvalue weighted by Gasteiger charge is -2.23. The first-order valence-corrected chi connectivity index (χ1v) is 7.57. The van der Waals surface area contributed by atoms with Gasteiger partial charge in [-0.2, -0.15) is 0 Å². The van der Waals surface area contributed by atoms with E-state index in [1.165, 1.54) is 6.07 Å². The Morgan fingerprint density at radius 2 is 2.05 bits per heavy atom. The number of nitrogens with one attached hydrogen (secondary N) is 1. The fourth-order valence-electron chi connectivity index (χ4n) is 1.88. The van der Waals surface area contributed by atoms with Crippen molar-refractivity contribution in [1.29, 1.82) is 0 Å². The Bertz CT molecular complexity index is 433. The summed E-state index contributed by atoms with van der Waals surface area (Å²) in [7, 11) is 0. The zero-order chi connectivity index (χ0) is 14.4. The Morgan fingerprint density at radius 3 is 2.58 bits per heavy atom. The third-order valence-corrected chi connectivity index (χ3v) is 3.92. The largest absolute Gasteiger partial charge is 0.507 e. The number of rotatable bonds is 6. The summed E-state index contributed by atoms with van der Waals surface area (Å²) in [6.45, 7) is 8.98. The molecule has 1 rings (SSSR count). The van der Waals surface area contributed by atoms with Gasteiger partial charge in [0.15, 0.2) is 0 Å². The van der Waals surface area contributed by atoms with Gasteiger partial charge in [0.05, 0.1) is 3.57 Å². The first kappa shape index (κ1) is 16.2. The van der Waals surface area contributed by atoms with Crippen molar-refractivity contribution >= 4 is 28.5 Å². The zero-order valence-electron chi connectivity index (χ0n) is 11.6. The summed E-state index contributed by atoms with van der Waals surface area (Å²) in [5.74, 6) is -0.00370. The van der Waals surface area contributed by atoms with Gasteiger partial charge < -0.3 is 15.3 Å². The van der Waals surface area contributed by atoms with Gasteiger partial charge in [0.2, 0.25) is 0 Å². The Hall–Kier alpha value is -0.820. The lowest BCUT2D eigenvalue weighted by Crippen LogP contribution is -2.41. The van der Waals surface area contributed by atoms with Gasteiger partial charge in [0.1, 0.15) is 5.75 Å². The van der Waals surface area contributed by atoms with E-state index in [9.17, 15) is 9.90 Å². The van der Waals surface area contributed by atoms with Gasteiger partial charge in [0, 0.05) is 18.2 Å². The molecular weight excluding hydrogens is 355 g/mol. The summed E-state index contributed by atoms with van der Waals surface area (Å²) in [5.41, 5.74) is 0.490. The maximum atomic E-state index is 12.0. The van der Waals surface area contributed by atoms with Crippen LogP contribution in [0.25, 0.3) is 0 Å². The number of hydrogen-bond donors (Lipinski definition) is 2. The van der Waals surface area contributed by atoms with E-state index >= 15 is 0 Å². The molecule has 0 fully saturated rings. The van der Waals surface area contributed by atoms with Crippen molar-refractivity contribution < 1.29 is 9.90 Å². The first-order valence-electron chi connectivity index (χ1n) is 6.49. The number of aromatic hydroxyl groups is 1. The van der Waals surface area contributed by atoms with Crippen LogP contribution in [-0.2, 0) is 0 Å². The van der Waals surface area contributed by atoms with Crippen LogP contribution < -0.4 is 5.32 Å². The van der Waals surface area contributed by atoms with E-state index in [1.807, 2.05) is 29.5 Å². The van der Waals surface area contributed by atoms with Gasteiger partial charge in [-0.15, -0.1) is 0 Å². The summed E-state index contributed by atoms with van der Waals surface area (Å²) in [5, 5.41) is 12.6. The molecule has 0 aromatic heterocycles. The number of halogens is 1. The van der Waals surface area contributed by atoms with Crippen molar-refractivity contribution in [3.8, 4) is 5.75 Å². The molecule has 5 heteroatoms. The number of likely N-dealkylation sites (N-methyl/N-ethyl adjacent to an activating group) is 1. The number of carbonyl (C=O) groups excluding carboxylic acids is 1. The second-order valence-corrected chi connectivity index (χ2v) is 5.69. The molecular formula is C14H21IN2O2. The summed E-state index contributed by atoms with van der Waals surface area (Å²) in [6.07, 6.45) is 0. The standard InChI is InChI=1S/C14H21IN2O2/c1-4-17(5-2)9-10(3)16-14(19)11-6-7-12(15)13(18)8-11/h6-8,10,18H,4-5,9H2,1-3H3,(H,16,19). The van der Waals surface area contributed by atoms with Crippen molar-refractivity contribution in [2.45, 2.75) is 26.8 Å². The minimum atomic E-state index is -0.147. The fourth-order valence-corrected chi connectivity index (χ4v) is 2.21. The Morgan fingerprint density at radius 1 is 1.42 bits per heavy atom. The van der Waals surface area contributed by atoms with E-state index in [4.69, 9.17) is 0 Å². The minimum absolute atomic E-state index is 0.0776. The second-order valence-electron chi connectivity index (χ2n) is 4.53. The molecule has 1 unspecified atom stereocenters. The molecule has 1 atom stereocenters. The third-order valence-electron chi connectivity index (χ3n) is 3.01. The highest BCUT2D eigenvalue weighted by atomic mass is 127. The Balaban J connectivity index is 2.61. The van der Waals surface area contributed by atoms with Crippen LogP contribution in [0.15, 0.2) is 18.2 Å². The SMILES string of the molecule is CCN(CC)CC(C)NC(=O)c1ccc(I)c(O)c1. The van der Waals surface area contributed by atoms with E-state index in [0.29, 0.717) is 5.56 Å². The summed E-state index contributed by atoms with van der Waals surface area (Å²) < 4.78 is 0.741. The lowest BCUT2D eigenvalue weighted by atomic mass is 10.2. The summed E-state index contributed by atoms with van der Waals surface area (Å²) >= 11 is 2.03. The van der Waals surface area contributed by atoms with Crippen LogP contribution in [0.5, 0.6) is 5.75 Å². The molecule has 0 aliphatic rings. The van der Waals surface area contributed by atoms with Crippen LogP contribution in [-0.4, -0.2) is 41.6 Å². The van der Waals surface area contributed by atoms with Crippen LogP contribution >= 0.6 is 22.6 Å². The van der Waals surface area contributed by atoms with Crippen LogP contribution in [0.1, 0.15) is 31.1 Å². The van der Waals surface area contributed by atoms with Crippen molar-refractivity contribution in [3.05, 3.63) is 27.3 Å². The molecule has 0 saturated carbocycles. The quantitative estimate of drug-likeness (QED) is 0.750. The highest BCUT2D eigenvalue weighted by molar-refractivity contribution is 14.1. The molecule has 0 bridgehead atoms. The maximum Gasteiger partial charge on any atom is 0.251 e. The molecule has 19 heavy (non-hydrogen) atoms. The van der Waals surface area contributed by atoms with Crippen LogP contribution in [0.4, 0.5) is 0 Å². The van der Waals surface area contributed by atoms with Crippen LogP contribution in [0.2, 0.25) is 0 Å². The van der Waals surface area contributed by atoms with Gasteiger partial charge in [-0.3, -0.25) is 4.79 Å². The number of phenols is 1. The van der Waals surface area contributed by atoms with Gasteiger partial charge in [-0.05, 0) is 60.8 Å². The average Bonchev–Trinajstić information content (AvgIpc) is 2.38. The van der Waals surface area contributed by atoms with Crippen molar-refractivity contribution in [2.24, 2.45) is 0 Å². The lowest BCUT2D eigenvalue weighted by molar-refractivity contribution is 0.0930. The van der Waals surface area contributed by atoms with E-state index in [2.05, 4.69) is 24.1 Å². The highest BCUT2D eigenvalue weighted by Gasteiger charge is 2.13. The van der Waals surface area contributed by atoms with E-state index < -0.39 is 0 Å². The molecule has 4 nitrogen and oxygen atoms in total.